The molecule has 0 unspecified atom stereocenters. The molecule has 0 aliphatic carbocycles. The predicted octanol–water partition coefficient (Wildman–Crippen LogP) is 3.72. The zero-order valence-corrected chi connectivity index (χ0v) is 17.6. The molecule has 30 heavy (non-hydrogen) atoms. The van der Waals surface area contributed by atoms with Gasteiger partial charge in [0.25, 0.3) is 0 Å². The summed E-state index contributed by atoms with van der Waals surface area (Å²) in [5, 5.41) is 7.16. The molecule has 1 N–H and O–H groups in total. The SMILES string of the molecule is Cc1nc(C(C)(C)NC(=O)Oc2cnc(N3CCC3)c(-c3cccc(Cl)c3)n2)no1. The number of carbonyl (C=O) groups excluding carboxylic acids is 1. The van der Waals surface area contributed by atoms with E-state index in [1.165, 1.54) is 6.20 Å². The van der Waals surface area contributed by atoms with Crippen molar-refractivity contribution in [3.8, 4) is 17.1 Å². The van der Waals surface area contributed by atoms with Crippen LogP contribution >= 0.6 is 11.6 Å². The van der Waals surface area contributed by atoms with Gasteiger partial charge in [0.1, 0.15) is 11.2 Å². The highest BCUT2D eigenvalue weighted by Gasteiger charge is 2.30. The topological polar surface area (TPSA) is 106 Å². The molecule has 1 aliphatic rings. The highest BCUT2D eigenvalue weighted by atomic mass is 35.5. The summed E-state index contributed by atoms with van der Waals surface area (Å²) < 4.78 is 10.4. The largest absolute Gasteiger partial charge is 0.414 e. The number of aromatic nitrogens is 4. The molecular weight excluding hydrogens is 408 g/mol. The van der Waals surface area contributed by atoms with E-state index in [-0.39, 0.29) is 5.88 Å². The van der Waals surface area contributed by atoms with E-state index in [1.807, 2.05) is 12.1 Å². The van der Waals surface area contributed by atoms with E-state index < -0.39 is 11.6 Å². The molecule has 1 aliphatic heterocycles. The molecule has 0 radical (unpaired) electrons. The molecule has 0 atom stereocenters. The van der Waals surface area contributed by atoms with Gasteiger partial charge in [-0.05, 0) is 32.4 Å². The lowest BCUT2D eigenvalue weighted by Crippen LogP contribution is -2.43. The molecule has 3 heterocycles. The van der Waals surface area contributed by atoms with Gasteiger partial charge < -0.3 is 19.5 Å². The van der Waals surface area contributed by atoms with Crippen molar-refractivity contribution in [3.63, 3.8) is 0 Å². The first-order chi connectivity index (χ1) is 14.3. The van der Waals surface area contributed by atoms with Crippen LogP contribution in [0.3, 0.4) is 0 Å². The highest BCUT2D eigenvalue weighted by Crippen LogP contribution is 2.32. The summed E-state index contributed by atoms with van der Waals surface area (Å²) in [4.78, 5) is 27.8. The monoisotopic (exact) mass is 428 g/mol. The summed E-state index contributed by atoms with van der Waals surface area (Å²) in [6.07, 6.45) is 1.83. The molecule has 0 bridgehead atoms. The third kappa shape index (κ3) is 4.20. The average Bonchev–Trinajstić information content (AvgIpc) is 3.08. The van der Waals surface area contributed by atoms with Crippen LogP contribution in [0.1, 0.15) is 32.0 Å². The Morgan fingerprint density at radius 2 is 2.10 bits per heavy atom. The summed E-state index contributed by atoms with van der Waals surface area (Å²) in [6, 6.07) is 7.33. The van der Waals surface area contributed by atoms with E-state index in [4.69, 9.17) is 20.9 Å². The summed E-state index contributed by atoms with van der Waals surface area (Å²) in [5.41, 5.74) is 0.510. The predicted molar refractivity (Wildman–Crippen MR) is 111 cm³/mol. The Morgan fingerprint density at radius 3 is 2.73 bits per heavy atom. The van der Waals surface area contributed by atoms with Crippen LogP contribution in [0, 0.1) is 6.92 Å². The van der Waals surface area contributed by atoms with Crippen molar-refractivity contribution in [1.29, 1.82) is 0 Å². The lowest BCUT2D eigenvalue weighted by molar-refractivity contribution is 0.184. The number of nitrogens with one attached hydrogen (secondary N) is 1. The van der Waals surface area contributed by atoms with Crippen molar-refractivity contribution in [2.75, 3.05) is 18.0 Å². The number of anilines is 1. The Kier molecular flexibility index (Phi) is 5.29. The second-order valence-electron chi connectivity index (χ2n) is 7.51. The maximum absolute atomic E-state index is 12.5. The van der Waals surface area contributed by atoms with Gasteiger partial charge in [-0.25, -0.2) is 14.8 Å². The van der Waals surface area contributed by atoms with Crippen molar-refractivity contribution < 1.29 is 14.1 Å². The Morgan fingerprint density at radius 1 is 1.30 bits per heavy atom. The van der Waals surface area contributed by atoms with Crippen LogP contribution in [0.4, 0.5) is 10.6 Å². The Labute approximate surface area is 178 Å². The lowest BCUT2D eigenvalue weighted by Gasteiger charge is -2.33. The smallest absolute Gasteiger partial charge is 0.390 e. The molecule has 1 aromatic carbocycles. The minimum Gasteiger partial charge on any atom is -0.390 e. The van der Waals surface area contributed by atoms with Gasteiger partial charge in [0.15, 0.2) is 11.6 Å². The van der Waals surface area contributed by atoms with E-state index in [2.05, 4.69) is 30.3 Å². The lowest BCUT2D eigenvalue weighted by atomic mass is 10.1. The molecule has 3 aromatic rings. The number of hydrogen-bond acceptors (Lipinski definition) is 8. The Balaban J connectivity index is 1.57. The standard InChI is InChI=1S/C20H21ClN6O3/c1-12-23-18(26-30-12)20(2,3)25-19(28)29-15-11-22-17(27-8-5-9-27)16(24-15)13-6-4-7-14(21)10-13/h4,6-7,10-11H,5,8-9H2,1-3H3,(H,25,28). The number of carbonyl (C=O) groups is 1. The fraction of sp³-hybridized carbons (Fsp3) is 0.350. The molecule has 0 saturated carbocycles. The molecule has 1 fully saturated rings. The molecule has 10 heteroatoms. The number of rotatable bonds is 5. The zero-order chi connectivity index (χ0) is 21.3. The van der Waals surface area contributed by atoms with Crippen LogP contribution in [0.2, 0.25) is 5.02 Å². The molecule has 156 valence electrons. The highest BCUT2D eigenvalue weighted by molar-refractivity contribution is 6.30. The first-order valence-corrected chi connectivity index (χ1v) is 9.88. The third-order valence-corrected chi connectivity index (χ3v) is 4.92. The average molecular weight is 429 g/mol. The number of ether oxygens (including phenoxy) is 1. The first-order valence-electron chi connectivity index (χ1n) is 9.50. The zero-order valence-electron chi connectivity index (χ0n) is 16.8. The maximum atomic E-state index is 12.5. The minimum absolute atomic E-state index is 0.0758. The number of amides is 1. The molecule has 2 aromatic heterocycles. The van der Waals surface area contributed by atoms with Crippen LogP contribution in [0.25, 0.3) is 11.3 Å². The van der Waals surface area contributed by atoms with Crippen LogP contribution in [0.15, 0.2) is 35.0 Å². The van der Waals surface area contributed by atoms with E-state index in [0.717, 1.165) is 30.9 Å². The van der Waals surface area contributed by atoms with Crippen LogP contribution in [0.5, 0.6) is 5.88 Å². The maximum Gasteiger partial charge on any atom is 0.414 e. The molecule has 1 saturated heterocycles. The Hall–Kier alpha value is -3.20. The quantitative estimate of drug-likeness (QED) is 0.655. The van der Waals surface area contributed by atoms with Gasteiger partial charge in [0, 0.05) is 30.6 Å². The van der Waals surface area contributed by atoms with Crippen molar-refractivity contribution in [2.45, 2.75) is 32.7 Å². The first kappa shape index (κ1) is 20.1. The van der Waals surface area contributed by atoms with Gasteiger partial charge in [0.2, 0.25) is 11.8 Å². The Bertz CT molecular complexity index is 1080. The van der Waals surface area contributed by atoms with Crippen molar-refractivity contribution in [1.82, 2.24) is 25.4 Å². The van der Waals surface area contributed by atoms with E-state index in [9.17, 15) is 4.79 Å². The van der Waals surface area contributed by atoms with Crippen molar-refractivity contribution >= 4 is 23.5 Å². The van der Waals surface area contributed by atoms with Crippen molar-refractivity contribution in [3.05, 3.63) is 47.2 Å². The number of nitrogens with zero attached hydrogens (tertiary/aromatic N) is 5. The van der Waals surface area contributed by atoms with Gasteiger partial charge in [-0.2, -0.15) is 4.98 Å². The van der Waals surface area contributed by atoms with Gasteiger partial charge in [-0.15, -0.1) is 0 Å². The van der Waals surface area contributed by atoms with Crippen LogP contribution in [-0.2, 0) is 5.54 Å². The minimum atomic E-state index is -0.893. The number of halogens is 1. The second kappa shape index (κ2) is 7.91. The second-order valence-corrected chi connectivity index (χ2v) is 7.94. The molecule has 0 spiro atoms. The molecule has 9 nitrogen and oxygen atoms in total. The fourth-order valence-electron chi connectivity index (χ4n) is 2.99. The van der Waals surface area contributed by atoms with Crippen LogP contribution in [-0.4, -0.2) is 39.3 Å². The summed E-state index contributed by atoms with van der Waals surface area (Å²) in [5.74, 6) is 1.56. The third-order valence-electron chi connectivity index (χ3n) is 4.68. The number of aryl methyl sites for hydroxylation is 1. The van der Waals surface area contributed by atoms with E-state index >= 15 is 0 Å². The van der Waals surface area contributed by atoms with E-state index in [0.29, 0.717) is 22.4 Å². The molecular formula is C20H21ClN6O3. The molecule has 4 rings (SSSR count). The number of hydrogen-bond donors (Lipinski definition) is 1. The fourth-order valence-corrected chi connectivity index (χ4v) is 3.18. The molecule has 1 amide bonds. The van der Waals surface area contributed by atoms with Gasteiger partial charge in [0.05, 0.1) is 6.20 Å². The summed E-state index contributed by atoms with van der Waals surface area (Å²) in [6.45, 7) is 6.98. The van der Waals surface area contributed by atoms with Crippen LogP contribution < -0.4 is 15.0 Å². The normalized spacial score (nSPS) is 13.7. The van der Waals surface area contributed by atoms with Gasteiger partial charge in [-0.3, -0.25) is 0 Å². The summed E-state index contributed by atoms with van der Waals surface area (Å²) >= 11 is 6.15. The van der Waals surface area contributed by atoms with Crippen molar-refractivity contribution in [2.24, 2.45) is 0 Å². The number of benzene rings is 1. The van der Waals surface area contributed by atoms with Gasteiger partial charge in [-0.1, -0.05) is 28.9 Å². The summed E-state index contributed by atoms with van der Waals surface area (Å²) in [7, 11) is 0. The van der Waals surface area contributed by atoms with Gasteiger partial charge >= 0.3 is 6.09 Å². The van der Waals surface area contributed by atoms with E-state index in [1.54, 1.807) is 32.9 Å².